The maximum atomic E-state index is 5.87. The molecule has 2 heterocycles. The van der Waals surface area contributed by atoms with Crippen LogP contribution in [0.5, 0.6) is 0 Å². The molecule has 0 radical (unpaired) electrons. The summed E-state index contributed by atoms with van der Waals surface area (Å²) in [4.78, 5) is 5.79. The topological polar surface area (TPSA) is 24.9 Å². The Kier molecular flexibility index (Phi) is 9.59. The van der Waals surface area contributed by atoms with Gasteiger partial charge in [0.15, 0.2) is 0 Å². The van der Waals surface area contributed by atoms with Crippen molar-refractivity contribution in [3.63, 3.8) is 0 Å². The van der Waals surface area contributed by atoms with E-state index in [-0.39, 0.29) is 0 Å². The minimum atomic E-state index is 0.588. The normalized spacial score (nSPS) is 17.0. The summed E-state index contributed by atoms with van der Waals surface area (Å²) >= 11 is 1.74. The molecule has 0 bridgehead atoms. The Morgan fingerprint density at radius 2 is 2.24 bits per heavy atom. The van der Waals surface area contributed by atoms with Gasteiger partial charge in [-0.05, 0) is 36.1 Å². The lowest BCUT2D eigenvalue weighted by atomic mass is 10.3. The highest BCUT2D eigenvalue weighted by molar-refractivity contribution is 7.10. The molecular formula is C20H30N2O2S. The Morgan fingerprint density at radius 3 is 2.96 bits per heavy atom. The van der Waals surface area contributed by atoms with Crippen LogP contribution in [0, 0.1) is 0 Å². The van der Waals surface area contributed by atoms with Gasteiger partial charge >= 0.3 is 0 Å². The molecule has 0 aliphatic carbocycles. The van der Waals surface area contributed by atoms with Crippen molar-refractivity contribution in [2.45, 2.75) is 13.3 Å². The van der Waals surface area contributed by atoms with E-state index in [1.165, 1.54) is 4.88 Å². The van der Waals surface area contributed by atoms with Crippen LogP contribution in [0.25, 0.3) is 6.08 Å². The average Bonchev–Trinajstić information content (AvgIpc) is 3.16. The number of allylic oxidation sites excluding steroid dienone is 4. The van der Waals surface area contributed by atoms with Crippen LogP contribution in [0.4, 0.5) is 0 Å². The summed E-state index contributed by atoms with van der Waals surface area (Å²) in [5, 5.41) is 2.10. The third-order valence-corrected chi connectivity index (χ3v) is 4.82. The van der Waals surface area contributed by atoms with E-state index in [2.05, 4.69) is 71.7 Å². The van der Waals surface area contributed by atoms with E-state index in [1.54, 1.807) is 11.3 Å². The predicted octanol–water partition coefficient (Wildman–Crippen LogP) is 3.85. The first-order valence-electron chi connectivity index (χ1n) is 8.97. The Balaban J connectivity index is 1.80. The zero-order valence-corrected chi connectivity index (χ0v) is 16.2. The maximum Gasteiger partial charge on any atom is 0.118 e. The smallest absolute Gasteiger partial charge is 0.118 e. The number of morpholine rings is 1. The van der Waals surface area contributed by atoms with E-state index in [4.69, 9.17) is 9.47 Å². The van der Waals surface area contributed by atoms with Crippen LogP contribution in [-0.4, -0.2) is 63.0 Å². The minimum Gasteiger partial charge on any atom is -0.379 e. The molecule has 1 aliphatic rings. The molecule has 4 nitrogen and oxygen atoms in total. The van der Waals surface area contributed by atoms with E-state index in [9.17, 15) is 0 Å². The molecular weight excluding hydrogens is 332 g/mol. The molecule has 0 amide bonds. The number of thiophene rings is 1. The quantitative estimate of drug-likeness (QED) is 0.359. The summed E-state index contributed by atoms with van der Waals surface area (Å²) in [5.74, 6) is 0. The summed E-state index contributed by atoms with van der Waals surface area (Å²) in [6.07, 6.45) is 11.7. The summed E-state index contributed by atoms with van der Waals surface area (Å²) in [5.41, 5.74) is 1.14. The highest BCUT2D eigenvalue weighted by Gasteiger charge is 2.09. The fourth-order valence-corrected chi connectivity index (χ4v) is 3.08. The number of likely N-dealkylation sites (N-methyl/N-ethyl adjacent to an activating group) is 1. The highest BCUT2D eigenvalue weighted by atomic mass is 32.1. The summed E-state index contributed by atoms with van der Waals surface area (Å²) in [6, 6.07) is 4.20. The van der Waals surface area contributed by atoms with Crippen LogP contribution in [0.1, 0.15) is 18.2 Å². The summed E-state index contributed by atoms with van der Waals surface area (Å²) in [7, 11) is 2.07. The number of ether oxygens (including phenoxy) is 2. The molecule has 0 saturated carbocycles. The van der Waals surface area contributed by atoms with Crippen molar-refractivity contribution in [3.8, 4) is 0 Å². The Morgan fingerprint density at radius 1 is 1.40 bits per heavy atom. The molecule has 1 aromatic heterocycles. The van der Waals surface area contributed by atoms with Crippen molar-refractivity contribution >= 4 is 17.4 Å². The van der Waals surface area contributed by atoms with Crippen molar-refractivity contribution in [1.29, 1.82) is 0 Å². The molecule has 0 atom stereocenters. The summed E-state index contributed by atoms with van der Waals surface area (Å²) in [6.45, 7) is 8.14. The number of nitrogens with zero attached hydrogens (tertiary/aromatic N) is 2. The molecule has 138 valence electrons. The molecule has 1 fully saturated rings. The predicted molar refractivity (Wildman–Crippen MR) is 107 cm³/mol. The van der Waals surface area contributed by atoms with Gasteiger partial charge in [0.25, 0.3) is 0 Å². The molecule has 0 aromatic carbocycles. The number of rotatable bonds is 10. The van der Waals surface area contributed by atoms with Crippen molar-refractivity contribution in [2.24, 2.45) is 0 Å². The average molecular weight is 363 g/mol. The third-order valence-electron chi connectivity index (χ3n) is 3.98. The Hall–Kier alpha value is -1.40. The number of hydrogen-bond acceptors (Lipinski definition) is 5. The van der Waals surface area contributed by atoms with Crippen molar-refractivity contribution in [2.75, 3.05) is 53.2 Å². The Bertz CT molecular complexity index is 546. The molecule has 1 saturated heterocycles. The van der Waals surface area contributed by atoms with Crippen molar-refractivity contribution in [1.82, 2.24) is 9.80 Å². The van der Waals surface area contributed by atoms with Crippen LogP contribution in [-0.2, 0) is 9.47 Å². The first kappa shape index (κ1) is 19.9. The maximum absolute atomic E-state index is 5.87. The van der Waals surface area contributed by atoms with Gasteiger partial charge in [0, 0.05) is 37.3 Å². The fraction of sp³-hybridized carbons (Fsp3) is 0.500. The SMILES string of the molecule is CC\C=C/C=C(/C=C/c1cccs1)N(C)COCCN1CCOCC1. The lowest BCUT2D eigenvalue weighted by molar-refractivity contribution is 0.00671. The monoisotopic (exact) mass is 362 g/mol. The molecule has 0 N–H and O–H groups in total. The first-order valence-corrected chi connectivity index (χ1v) is 9.85. The molecule has 5 heteroatoms. The van der Waals surface area contributed by atoms with Crippen LogP contribution in [0.3, 0.4) is 0 Å². The fourth-order valence-electron chi connectivity index (χ4n) is 2.46. The standard InChI is InChI=1S/C20H30N2O2S/c1-3-4-5-7-19(9-10-20-8-6-17-25-20)21(2)18-24-16-13-22-11-14-23-15-12-22/h4-10,17H,3,11-16,18H2,1-2H3/b5-4-,10-9+,19-7-. The van der Waals surface area contributed by atoms with Gasteiger partial charge in [0.2, 0.25) is 0 Å². The molecule has 1 aromatic rings. The van der Waals surface area contributed by atoms with Crippen LogP contribution in [0.2, 0.25) is 0 Å². The molecule has 1 aliphatic heterocycles. The van der Waals surface area contributed by atoms with Crippen molar-refractivity contribution < 1.29 is 9.47 Å². The molecule has 25 heavy (non-hydrogen) atoms. The van der Waals surface area contributed by atoms with Gasteiger partial charge in [0.1, 0.15) is 6.73 Å². The van der Waals surface area contributed by atoms with E-state index >= 15 is 0 Å². The van der Waals surface area contributed by atoms with E-state index in [0.717, 1.165) is 51.6 Å². The van der Waals surface area contributed by atoms with Crippen LogP contribution < -0.4 is 0 Å². The summed E-state index contributed by atoms with van der Waals surface area (Å²) < 4.78 is 11.2. The lowest BCUT2D eigenvalue weighted by Gasteiger charge is -2.27. The largest absolute Gasteiger partial charge is 0.379 e. The minimum absolute atomic E-state index is 0.588. The zero-order chi connectivity index (χ0) is 17.7. The van der Waals surface area contributed by atoms with Crippen LogP contribution in [0.15, 0.2) is 47.5 Å². The molecule has 0 spiro atoms. The van der Waals surface area contributed by atoms with Gasteiger partial charge in [-0.2, -0.15) is 0 Å². The Labute approximate surface area is 156 Å². The van der Waals surface area contributed by atoms with Gasteiger partial charge in [0.05, 0.1) is 19.8 Å². The van der Waals surface area contributed by atoms with E-state index < -0.39 is 0 Å². The number of hydrogen-bond donors (Lipinski definition) is 0. The molecule has 2 rings (SSSR count). The van der Waals surface area contributed by atoms with Crippen LogP contribution >= 0.6 is 11.3 Å². The second-order valence-electron chi connectivity index (χ2n) is 5.97. The zero-order valence-electron chi connectivity index (χ0n) is 15.4. The molecule has 0 unspecified atom stereocenters. The second-order valence-corrected chi connectivity index (χ2v) is 6.95. The van der Waals surface area contributed by atoms with Gasteiger partial charge in [-0.1, -0.05) is 25.1 Å². The van der Waals surface area contributed by atoms with Gasteiger partial charge < -0.3 is 14.4 Å². The van der Waals surface area contributed by atoms with E-state index in [0.29, 0.717) is 6.73 Å². The van der Waals surface area contributed by atoms with Crippen molar-refractivity contribution in [3.05, 3.63) is 52.4 Å². The van der Waals surface area contributed by atoms with Gasteiger partial charge in [-0.15, -0.1) is 11.3 Å². The second kappa shape index (κ2) is 12.0. The van der Waals surface area contributed by atoms with E-state index in [1.807, 2.05) is 0 Å². The van der Waals surface area contributed by atoms with Gasteiger partial charge in [-0.25, -0.2) is 0 Å². The lowest BCUT2D eigenvalue weighted by Crippen LogP contribution is -2.38. The van der Waals surface area contributed by atoms with Gasteiger partial charge in [-0.3, -0.25) is 4.90 Å². The third kappa shape index (κ3) is 8.01. The first-order chi connectivity index (χ1) is 12.3. The highest BCUT2D eigenvalue weighted by Crippen LogP contribution is 2.13.